The number of carbonyl (C=O) groups is 1. The number of nitrogens with one attached hydrogen (secondary N) is 1. The van der Waals surface area contributed by atoms with E-state index in [9.17, 15) is 4.79 Å². The molecule has 2 unspecified atom stereocenters. The molecule has 4 heterocycles. The summed E-state index contributed by atoms with van der Waals surface area (Å²) in [6.45, 7) is 7.06. The first kappa shape index (κ1) is 24.9. The van der Waals surface area contributed by atoms with Gasteiger partial charge in [0.25, 0.3) is 0 Å². The summed E-state index contributed by atoms with van der Waals surface area (Å²) in [5, 5.41) is 9.83. The average molecular weight is 574 g/mol. The zero-order chi connectivity index (χ0) is 21.8. The number of nitrogens with zero attached hydrogens (tertiary/aromatic N) is 6. The fourth-order valence-corrected chi connectivity index (χ4v) is 5.07. The Balaban J connectivity index is 0.00000289. The van der Waals surface area contributed by atoms with Gasteiger partial charge in [0.15, 0.2) is 5.96 Å². The zero-order valence-electron chi connectivity index (χ0n) is 18.8. The predicted molar refractivity (Wildman–Crippen MR) is 138 cm³/mol. The summed E-state index contributed by atoms with van der Waals surface area (Å²) >= 11 is 1.78. The lowest BCUT2D eigenvalue weighted by Crippen LogP contribution is -2.56. The number of aryl methyl sites for hydroxylation is 1. The molecule has 0 aliphatic carbocycles. The maximum atomic E-state index is 12.8. The van der Waals surface area contributed by atoms with Crippen LogP contribution in [0.5, 0.6) is 0 Å². The van der Waals surface area contributed by atoms with Gasteiger partial charge in [-0.05, 0) is 18.4 Å². The Kier molecular flexibility index (Phi) is 8.91. The van der Waals surface area contributed by atoms with Crippen LogP contribution < -0.4 is 10.2 Å². The molecule has 2 aromatic rings. The molecule has 2 fully saturated rings. The molecule has 2 saturated heterocycles. The number of aliphatic imine (C=N–C) groups is 1. The number of piperazine rings is 1. The lowest BCUT2D eigenvalue weighted by atomic mass is 10.1. The highest BCUT2D eigenvalue weighted by molar-refractivity contribution is 14.0. The van der Waals surface area contributed by atoms with E-state index in [2.05, 4.69) is 44.7 Å². The van der Waals surface area contributed by atoms with Crippen molar-refractivity contribution in [3.8, 4) is 0 Å². The number of hydrogen-bond donors (Lipinski definition) is 1. The Bertz CT molecular complexity index is 904. The number of halogens is 1. The average Bonchev–Trinajstić information content (AvgIpc) is 3.43. The maximum absolute atomic E-state index is 12.8. The van der Waals surface area contributed by atoms with Gasteiger partial charge in [0, 0.05) is 57.9 Å². The molecule has 2 atom stereocenters. The first-order valence-electron chi connectivity index (χ1n) is 10.7. The summed E-state index contributed by atoms with van der Waals surface area (Å²) in [6, 6.07) is 4.54. The third-order valence-corrected chi connectivity index (χ3v) is 6.75. The first-order valence-corrected chi connectivity index (χ1v) is 11.6. The van der Waals surface area contributed by atoms with E-state index in [4.69, 9.17) is 4.74 Å². The molecule has 2 aliphatic heterocycles. The molecule has 0 saturated carbocycles. The number of hydrogen-bond acceptors (Lipinski definition) is 6. The number of morpholine rings is 1. The predicted octanol–water partition coefficient (Wildman–Crippen LogP) is 1.79. The highest BCUT2D eigenvalue weighted by atomic mass is 127. The van der Waals surface area contributed by atoms with Crippen LogP contribution in [-0.4, -0.2) is 90.5 Å². The minimum absolute atomic E-state index is 0. The first-order chi connectivity index (χ1) is 15.0. The van der Waals surface area contributed by atoms with Crippen molar-refractivity contribution < 1.29 is 9.53 Å². The van der Waals surface area contributed by atoms with Crippen LogP contribution in [0, 0.1) is 0 Å². The van der Waals surface area contributed by atoms with Crippen LogP contribution in [0.15, 0.2) is 34.9 Å². The molecule has 9 nitrogen and oxygen atoms in total. The molecule has 11 heteroatoms. The van der Waals surface area contributed by atoms with Gasteiger partial charge in [-0.25, -0.2) is 0 Å². The van der Waals surface area contributed by atoms with Crippen LogP contribution in [-0.2, 0) is 16.6 Å². The summed E-state index contributed by atoms with van der Waals surface area (Å²) in [5.74, 6) is 0.820. The van der Waals surface area contributed by atoms with Gasteiger partial charge in [-0.15, -0.1) is 35.3 Å². The van der Waals surface area contributed by atoms with Crippen LogP contribution >= 0.6 is 35.3 Å². The third kappa shape index (κ3) is 5.80. The minimum Gasteiger partial charge on any atom is -0.376 e. The van der Waals surface area contributed by atoms with Gasteiger partial charge in [0.2, 0.25) is 5.91 Å². The number of thiophene rings is 1. The number of anilines is 1. The fraction of sp³-hybridized carbons (Fsp3) is 0.571. The van der Waals surface area contributed by atoms with Crippen molar-refractivity contribution in [2.45, 2.75) is 19.1 Å². The number of carbonyl (C=O) groups excluding carboxylic acids is 1. The number of guanidine groups is 1. The summed E-state index contributed by atoms with van der Waals surface area (Å²) in [4.78, 5) is 24.9. The van der Waals surface area contributed by atoms with Crippen molar-refractivity contribution in [1.82, 2.24) is 24.9 Å². The molecule has 176 valence electrons. The number of ether oxygens (including phenoxy) is 1. The lowest BCUT2D eigenvalue weighted by molar-refractivity contribution is -0.120. The monoisotopic (exact) mass is 573 g/mol. The van der Waals surface area contributed by atoms with Gasteiger partial charge < -0.3 is 19.9 Å². The van der Waals surface area contributed by atoms with E-state index in [0.29, 0.717) is 13.1 Å². The second kappa shape index (κ2) is 11.4. The Labute approximate surface area is 210 Å². The maximum Gasteiger partial charge on any atom is 0.246 e. The molecule has 32 heavy (non-hydrogen) atoms. The molecule has 2 aliphatic rings. The highest BCUT2D eigenvalue weighted by Gasteiger charge is 2.30. The Hall–Kier alpha value is -1.70. The third-order valence-electron chi connectivity index (χ3n) is 5.77. The van der Waals surface area contributed by atoms with Crippen molar-refractivity contribution >= 4 is 52.9 Å². The standard InChI is InChI=1S/C21H31N7O2S.HI/c1-16-13-26(8-9-30-16)18(19-5-4-10-31-19)12-23-21(22-2)27-6-7-28(20(29)15-27)17-11-24-25(3)14-17;/h4-5,10-11,14,16,18H,6-9,12-13,15H2,1-3H3,(H,22,23);1H. The number of amides is 1. The van der Waals surface area contributed by atoms with E-state index in [1.54, 1.807) is 34.2 Å². The summed E-state index contributed by atoms with van der Waals surface area (Å²) < 4.78 is 7.45. The lowest BCUT2D eigenvalue weighted by Gasteiger charge is -2.38. The van der Waals surface area contributed by atoms with Gasteiger partial charge in [0.1, 0.15) is 6.54 Å². The van der Waals surface area contributed by atoms with Gasteiger partial charge >= 0.3 is 0 Å². The highest BCUT2D eigenvalue weighted by Crippen LogP contribution is 2.26. The van der Waals surface area contributed by atoms with E-state index < -0.39 is 0 Å². The van der Waals surface area contributed by atoms with Crippen molar-refractivity contribution in [3.63, 3.8) is 0 Å². The van der Waals surface area contributed by atoms with Crippen molar-refractivity contribution in [2.75, 3.05) is 57.8 Å². The smallest absolute Gasteiger partial charge is 0.246 e. The molecular formula is C21H32IN7O2S. The molecule has 0 radical (unpaired) electrons. The largest absolute Gasteiger partial charge is 0.376 e. The summed E-state index contributed by atoms with van der Waals surface area (Å²) in [5.41, 5.74) is 0.842. The van der Waals surface area contributed by atoms with E-state index in [1.807, 2.05) is 18.1 Å². The Morgan fingerprint density at radius 3 is 2.88 bits per heavy atom. The van der Waals surface area contributed by atoms with Crippen molar-refractivity contribution in [2.24, 2.45) is 12.0 Å². The zero-order valence-corrected chi connectivity index (χ0v) is 22.0. The topological polar surface area (TPSA) is 78.2 Å². The van der Waals surface area contributed by atoms with E-state index in [-0.39, 0.29) is 42.0 Å². The fourth-order valence-electron chi connectivity index (χ4n) is 4.21. The van der Waals surface area contributed by atoms with Crippen LogP contribution in [0.3, 0.4) is 0 Å². The summed E-state index contributed by atoms with van der Waals surface area (Å²) in [6.07, 6.45) is 3.83. The van der Waals surface area contributed by atoms with E-state index in [0.717, 1.165) is 44.4 Å². The summed E-state index contributed by atoms with van der Waals surface area (Å²) in [7, 11) is 3.63. The number of rotatable bonds is 5. The molecule has 4 rings (SSSR count). The van der Waals surface area contributed by atoms with Gasteiger partial charge in [-0.2, -0.15) is 5.10 Å². The minimum atomic E-state index is 0. The Morgan fingerprint density at radius 1 is 1.41 bits per heavy atom. The van der Waals surface area contributed by atoms with Gasteiger partial charge in [0.05, 0.1) is 30.6 Å². The van der Waals surface area contributed by atoms with E-state index in [1.165, 1.54) is 4.88 Å². The van der Waals surface area contributed by atoms with Crippen LogP contribution in [0.2, 0.25) is 0 Å². The SMILES string of the molecule is CN=C(NCC(c1cccs1)N1CCOC(C)C1)N1CCN(c2cnn(C)c2)C(=O)C1.I. The quantitative estimate of drug-likeness (QED) is 0.334. The second-order valence-corrected chi connectivity index (χ2v) is 8.95. The van der Waals surface area contributed by atoms with Gasteiger partial charge in [-0.1, -0.05) is 6.07 Å². The molecule has 0 bridgehead atoms. The van der Waals surface area contributed by atoms with Crippen LogP contribution in [0.25, 0.3) is 0 Å². The van der Waals surface area contributed by atoms with Crippen LogP contribution in [0.1, 0.15) is 17.8 Å². The molecule has 0 aromatic carbocycles. The second-order valence-electron chi connectivity index (χ2n) is 7.97. The van der Waals surface area contributed by atoms with Crippen LogP contribution in [0.4, 0.5) is 5.69 Å². The molecule has 0 spiro atoms. The molecule has 2 aromatic heterocycles. The van der Waals surface area contributed by atoms with E-state index >= 15 is 0 Å². The Morgan fingerprint density at radius 2 is 2.25 bits per heavy atom. The number of aromatic nitrogens is 2. The molecular weight excluding hydrogens is 541 g/mol. The molecule has 1 amide bonds. The normalized spacial score (nSPS) is 21.4. The van der Waals surface area contributed by atoms with Crippen molar-refractivity contribution in [3.05, 3.63) is 34.8 Å². The van der Waals surface area contributed by atoms with Crippen molar-refractivity contribution in [1.29, 1.82) is 0 Å². The van der Waals surface area contributed by atoms with Gasteiger partial charge in [-0.3, -0.25) is 19.4 Å². The molecule has 1 N–H and O–H groups in total.